The lowest BCUT2D eigenvalue weighted by Crippen LogP contribution is -2.32. The minimum absolute atomic E-state index is 0.0550. The molecule has 1 aromatic heterocycles. The van der Waals surface area contributed by atoms with Gasteiger partial charge in [-0.2, -0.15) is 0 Å². The maximum absolute atomic E-state index is 12.1. The van der Waals surface area contributed by atoms with Gasteiger partial charge < -0.3 is 10.1 Å². The molecular formula is C19H24N2O2. The van der Waals surface area contributed by atoms with E-state index in [2.05, 4.69) is 22.4 Å². The molecule has 1 N–H and O–H groups in total. The maximum Gasteiger partial charge on any atom is 0.251 e. The minimum Gasteiger partial charge on any atom is -0.491 e. The molecule has 0 radical (unpaired) electrons. The largest absolute Gasteiger partial charge is 0.491 e. The van der Waals surface area contributed by atoms with Crippen LogP contribution in [0.3, 0.4) is 0 Å². The Balaban J connectivity index is 1.80. The van der Waals surface area contributed by atoms with Crippen LogP contribution in [0.4, 0.5) is 0 Å². The van der Waals surface area contributed by atoms with E-state index in [-0.39, 0.29) is 18.1 Å². The van der Waals surface area contributed by atoms with Crippen LogP contribution in [-0.4, -0.2) is 23.0 Å². The Morgan fingerprint density at radius 2 is 1.74 bits per heavy atom. The number of aromatic nitrogens is 1. The van der Waals surface area contributed by atoms with Crippen LogP contribution in [-0.2, 0) is 6.42 Å². The van der Waals surface area contributed by atoms with E-state index in [1.54, 1.807) is 24.5 Å². The van der Waals surface area contributed by atoms with Crippen molar-refractivity contribution < 1.29 is 9.53 Å². The number of benzene rings is 1. The van der Waals surface area contributed by atoms with Crippen LogP contribution < -0.4 is 10.1 Å². The molecule has 1 heterocycles. The van der Waals surface area contributed by atoms with Crippen molar-refractivity contribution in [1.29, 1.82) is 0 Å². The number of ether oxygens (including phenoxy) is 1. The summed E-state index contributed by atoms with van der Waals surface area (Å²) in [4.78, 5) is 16.0. The van der Waals surface area contributed by atoms with E-state index < -0.39 is 0 Å². The van der Waals surface area contributed by atoms with E-state index in [1.807, 2.05) is 32.9 Å². The lowest BCUT2D eigenvalue weighted by atomic mass is 10.1. The zero-order valence-corrected chi connectivity index (χ0v) is 14.0. The number of carbonyl (C=O) groups excluding carboxylic acids is 1. The first-order valence-corrected chi connectivity index (χ1v) is 8.01. The highest BCUT2D eigenvalue weighted by Gasteiger charge is 2.09. The molecule has 0 unspecified atom stereocenters. The second-order valence-corrected chi connectivity index (χ2v) is 5.96. The van der Waals surface area contributed by atoms with Gasteiger partial charge in [-0.1, -0.05) is 12.1 Å². The fourth-order valence-corrected chi connectivity index (χ4v) is 2.27. The quantitative estimate of drug-likeness (QED) is 0.849. The first-order valence-electron chi connectivity index (χ1n) is 8.01. The van der Waals surface area contributed by atoms with Crippen LogP contribution in [0.2, 0.25) is 0 Å². The monoisotopic (exact) mass is 312 g/mol. The normalized spacial score (nSPS) is 12.0. The molecule has 0 aliphatic rings. The summed E-state index contributed by atoms with van der Waals surface area (Å²) in [5.41, 5.74) is 1.88. The summed E-state index contributed by atoms with van der Waals surface area (Å²) in [5, 5.41) is 3.01. The summed E-state index contributed by atoms with van der Waals surface area (Å²) in [6.45, 7) is 6.05. The van der Waals surface area contributed by atoms with Gasteiger partial charge in [-0.05, 0) is 63.4 Å². The van der Waals surface area contributed by atoms with Gasteiger partial charge in [-0.3, -0.25) is 9.78 Å². The average molecular weight is 312 g/mol. The summed E-state index contributed by atoms with van der Waals surface area (Å²) in [6, 6.07) is 11.7. The molecule has 0 saturated heterocycles. The fourth-order valence-electron chi connectivity index (χ4n) is 2.27. The topological polar surface area (TPSA) is 51.2 Å². The predicted molar refractivity (Wildman–Crippen MR) is 91.7 cm³/mol. The maximum atomic E-state index is 12.1. The van der Waals surface area contributed by atoms with E-state index in [0.29, 0.717) is 5.56 Å². The van der Waals surface area contributed by atoms with Crippen molar-refractivity contribution in [3.8, 4) is 5.75 Å². The van der Waals surface area contributed by atoms with Crippen LogP contribution in [0.15, 0.2) is 48.8 Å². The number of nitrogens with zero attached hydrogens (tertiary/aromatic N) is 1. The summed E-state index contributed by atoms with van der Waals surface area (Å²) < 4.78 is 5.63. The lowest BCUT2D eigenvalue weighted by Gasteiger charge is -2.14. The smallest absolute Gasteiger partial charge is 0.251 e. The highest BCUT2D eigenvalue weighted by Crippen LogP contribution is 2.15. The molecule has 0 aliphatic heterocycles. The molecule has 0 spiro atoms. The van der Waals surface area contributed by atoms with Crippen molar-refractivity contribution >= 4 is 5.91 Å². The minimum atomic E-state index is -0.0550. The first kappa shape index (κ1) is 17.0. The predicted octanol–water partition coefficient (Wildman–Crippen LogP) is 3.62. The van der Waals surface area contributed by atoms with Gasteiger partial charge in [0.1, 0.15) is 5.75 Å². The van der Waals surface area contributed by atoms with Gasteiger partial charge in [0.05, 0.1) is 6.10 Å². The van der Waals surface area contributed by atoms with Gasteiger partial charge in [0.25, 0.3) is 5.91 Å². The molecule has 2 rings (SSSR count). The molecule has 1 amide bonds. The molecule has 23 heavy (non-hydrogen) atoms. The van der Waals surface area contributed by atoms with Gasteiger partial charge in [0.2, 0.25) is 0 Å². The number of amides is 1. The summed E-state index contributed by atoms with van der Waals surface area (Å²) >= 11 is 0. The fraction of sp³-hybridized carbons (Fsp3) is 0.368. The van der Waals surface area contributed by atoms with Crippen LogP contribution in [0, 0.1) is 0 Å². The molecule has 4 heteroatoms. The van der Waals surface area contributed by atoms with Gasteiger partial charge in [-0.15, -0.1) is 0 Å². The first-order chi connectivity index (χ1) is 11.0. The summed E-state index contributed by atoms with van der Waals surface area (Å²) in [6.07, 6.45) is 5.24. The number of carbonyl (C=O) groups is 1. The Morgan fingerprint density at radius 3 is 2.35 bits per heavy atom. The van der Waals surface area contributed by atoms with E-state index in [4.69, 9.17) is 4.74 Å². The Bertz CT molecular complexity index is 609. The highest BCUT2D eigenvalue weighted by molar-refractivity contribution is 5.94. The Hall–Kier alpha value is -2.36. The molecule has 0 aliphatic carbocycles. The molecule has 122 valence electrons. The van der Waals surface area contributed by atoms with Crippen molar-refractivity contribution in [3.05, 3.63) is 59.9 Å². The molecule has 0 saturated carbocycles. The molecule has 1 atom stereocenters. The zero-order valence-electron chi connectivity index (χ0n) is 14.0. The lowest BCUT2D eigenvalue weighted by molar-refractivity contribution is 0.0938. The number of hydrogen-bond acceptors (Lipinski definition) is 3. The number of pyridine rings is 1. The van der Waals surface area contributed by atoms with Crippen molar-refractivity contribution in [2.75, 3.05) is 0 Å². The molecule has 2 aromatic rings. The van der Waals surface area contributed by atoms with E-state index in [0.717, 1.165) is 18.6 Å². The van der Waals surface area contributed by atoms with E-state index in [9.17, 15) is 4.79 Å². The second kappa shape index (κ2) is 8.32. The second-order valence-electron chi connectivity index (χ2n) is 5.96. The van der Waals surface area contributed by atoms with Gasteiger partial charge >= 0.3 is 0 Å². The Morgan fingerprint density at radius 1 is 1.09 bits per heavy atom. The number of hydrogen-bond donors (Lipinski definition) is 1. The van der Waals surface area contributed by atoms with Crippen LogP contribution in [0.5, 0.6) is 5.75 Å². The molecule has 0 bridgehead atoms. The van der Waals surface area contributed by atoms with Gasteiger partial charge in [0, 0.05) is 24.0 Å². The van der Waals surface area contributed by atoms with Gasteiger partial charge in [0.15, 0.2) is 0 Å². The van der Waals surface area contributed by atoms with Crippen LogP contribution in [0.25, 0.3) is 0 Å². The highest BCUT2D eigenvalue weighted by atomic mass is 16.5. The standard InChI is InChI=1S/C19H24N2O2/c1-14(2)23-18-8-6-16(7-9-18)5-4-15(3)21-19(22)17-10-12-20-13-11-17/h6-15H,4-5H2,1-3H3,(H,21,22)/t15-/m1/s1. The van der Waals surface area contributed by atoms with Crippen molar-refractivity contribution in [1.82, 2.24) is 10.3 Å². The SMILES string of the molecule is CC(C)Oc1ccc(CC[C@@H](C)NC(=O)c2ccncc2)cc1. The molecule has 1 aromatic carbocycles. The zero-order chi connectivity index (χ0) is 16.7. The van der Waals surface area contributed by atoms with Crippen LogP contribution in [0.1, 0.15) is 43.1 Å². The summed E-state index contributed by atoms with van der Waals surface area (Å²) in [7, 11) is 0. The van der Waals surface area contributed by atoms with Crippen molar-refractivity contribution in [2.45, 2.75) is 45.8 Å². The third-order valence-corrected chi connectivity index (χ3v) is 3.48. The Kier molecular flexibility index (Phi) is 6.15. The number of nitrogens with one attached hydrogen (secondary N) is 1. The van der Waals surface area contributed by atoms with Gasteiger partial charge in [-0.25, -0.2) is 0 Å². The number of aryl methyl sites for hydroxylation is 1. The average Bonchev–Trinajstić information content (AvgIpc) is 2.54. The van der Waals surface area contributed by atoms with E-state index >= 15 is 0 Å². The van der Waals surface area contributed by atoms with Crippen LogP contribution >= 0.6 is 0 Å². The summed E-state index contributed by atoms with van der Waals surface area (Å²) in [5.74, 6) is 0.836. The molecule has 0 fully saturated rings. The third kappa shape index (κ3) is 5.74. The molecular weight excluding hydrogens is 288 g/mol. The Labute approximate surface area is 137 Å². The van der Waals surface area contributed by atoms with Crippen molar-refractivity contribution in [3.63, 3.8) is 0 Å². The number of rotatable bonds is 7. The third-order valence-electron chi connectivity index (χ3n) is 3.48. The molecule has 4 nitrogen and oxygen atoms in total. The van der Waals surface area contributed by atoms with E-state index in [1.165, 1.54) is 5.56 Å². The van der Waals surface area contributed by atoms with Crippen molar-refractivity contribution in [2.24, 2.45) is 0 Å².